The van der Waals surface area contributed by atoms with Crippen molar-refractivity contribution in [2.45, 2.75) is 78.1 Å². The van der Waals surface area contributed by atoms with Crippen LogP contribution in [-0.4, -0.2) is 44.9 Å². The fraction of sp³-hybridized carbons (Fsp3) is 0.586. The maximum absolute atomic E-state index is 10.7. The highest BCUT2D eigenvalue weighted by Gasteiger charge is 2.09. The molecule has 0 bridgehead atoms. The molecule has 0 radical (unpaired) electrons. The molecule has 0 spiro atoms. The van der Waals surface area contributed by atoms with E-state index in [1.807, 2.05) is 0 Å². The van der Waals surface area contributed by atoms with Gasteiger partial charge in [-0.1, -0.05) is 76.7 Å². The predicted molar refractivity (Wildman–Crippen MR) is 148 cm³/mol. The Morgan fingerprint density at radius 1 is 0.886 bits per heavy atom. The lowest BCUT2D eigenvalue weighted by atomic mass is 10.1. The van der Waals surface area contributed by atoms with E-state index in [0.29, 0.717) is 6.42 Å². The maximum Gasteiger partial charge on any atom is 0.101 e. The second-order valence-corrected chi connectivity index (χ2v) is 11.2. The summed E-state index contributed by atoms with van der Waals surface area (Å²) < 4.78 is 32.1. The summed E-state index contributed by atoms with van der Waals surface area (Å²) in [4.78, 5) is 3.85. The molecule has 0 saturated carbocycles. The molecule has 35 heavy (non-hydrogen) atoms. The van der Waals surface area contributed by atoms with Crippen LogP contribution >= 0.6 is 0 Å². The Balaban J connectivity index is 1.83. The molecule has 5 nitrogen and oxygen atoms in total. The number of allylic oxidation sites excluding steroid dienone is 3. The molecule has 0 aliphatic carbocycles. The highest BCUT2D eigenvalue weighted by molar-refractivity contribution is 7.85. The van der Waals surface area contributed by atoms with Crippen LogP contribution in [0.2, 0.25) is 0 Å². The first kappa shape index (κ1) is 29.3. The van der Waals surface area contributed by atoms with Crippen LogP contribution < -0.4 is 9.80 Å². The van der Waals surface area contributed by atoms with E-state index in [9.17, 15) is 13.0 Å². The van der Waals surface area contributed by atoms with Crippen LogP contribution in [-0.2, 0) is 10.1 Å². The van der Waals surface area contributed by atoms with Crippen LogP contribution in [0.1, 0.15) is 83.6 Å². The number of rotatable bonds is 18. The summed E-state index contributed by atoms with van der Waals surface area (Å²) >= 11 is 0. The van der Waals surface area contributed by atoms with Crippen molar-refractivity contribution in [1.82, 2.24) is 0 Å². The lowest BCUT2D eigenvalue weighted by Crippen LogP contribution is -3.07. The predicted octanol–water partition coefficient (Wildman–Crippen LogP) is 5.33. The van der Waals surface area contributed by atoms with Gasteiger partial charge >= 0.3 is 0 Å². The summed E-state index contributed by atoms with van der Waals surface area (Å²) in [5.41, 5.74) is 3.72. The molecule has 6 heteroatoms. The summed E-state index contributed by atoms with van der Waals surface area (Å²) in [5.74, 6) is -0.262. The first-order valence-corrected chi connectivity index (χ1v) is 15.2. The largest absolute Gasteiger partial charge is 0.748 e. The molecule has 0 amide bonds. The van der Waals surface area contributed by atoms with E-state index in [-0.39, 0.29) is 5.75 Å². The molecule has 196 valence electrons. The third-order valence-electron chi connectivity index (χ3n) is 6.54. The van der Waals surface area contributed by atoms with Crippen molar-refractivity contribution in [3.05, 3.63) is 59.8 Å². The Morgan fingerprint density at radius 2 is 1.54 bits per heavy atom. The molecule has 1 atom stereocenters. The molecule has 0 fully saturated rings. The van der Waals surface area contributed by atoms with Crippen LogP contribution in [0.4, 0.5) is 5.69 Å². The Hall–Kier alpha value is -1.89. The molecule has 1 aliphatic rings. The number of unbranched alkanes of at least 4 members (excludes halogenated alkanes) is 7. The van der Waals surface area contributed by atoms with Gasteiger partial charge in [0.1, 0.15) is 6.54 Å². The fourth-order valence-corrected chi connectivity index (χ4v) is 4.91. The molecule has 1 N–H and O–H groups in total. The second-order valence-electron chi connectivity index (χ2n) is 9.65. The number of hydrogen-bond acceptors (Lipinski definition) is 4. The van der Waals surface area contributed by atoms with Gasteiger partial charge in [0, 0.05) is 24.5 Å². The van der Waals surface area contributed by atoms with E-state index in [2.05, 4.69) is 73.5 Å². The van der Waals surface area contributed by atoms with Crippen LogP contribution in [0, 0.1) is 0 Å². The summed E-state index contributed by atoms with van der Waals surface area (Å²) in [6.45, 7) is 8.54. The second kappa shape index (κ2) is 16.7. The van der Waals surface area contributed by atoms with Crippen molar-refractivity contribution in [2.75, 3.05) is 36.8 Å². The minimum Gasteiger partial charge on any atom is -0.748 e. The van der Waals surface area contributed by atoms with Gasteiger partial charge in [-0.3, -0.25) is 0 Å². The molecule has 1 aliphatic heterocycles. The van der Waals surface area contributed by atoms with E-state index >= 15 is 0 Å². The van der Waals surface area contributed by atoms with Gasteiger partial charge in [-0.2, -0.15) is 0 Å². The van der Waals surface area contributed by atoms with Gasteiger partial charge in [-0.15, -0.1) is 0 Å². The fourth-order valence-electron chi connectivity index (χ4n) is 4.36. The zero-order valence-corrected chi connectivity index (χ0v) is 22.7. The Labute approximate surface area is 214 Å². The molecule has 1 aromatic carbocycles. The number of anilines is 1. The van der Waals surface area contributed by atoms with Gasteiger partial charge in [0.25, 0.3) is 0 Å². The number of benzene rings is 1. The monoisotopic (exact) mass is 502 g/mol. The zero-order valence-electron chi connectivity index (χ0n) is 21.9. The molecule has 1 heterocycles. The summed E-state index contributed by atoms with van der Waals surface area (Å²) in [7, 11) is -4.09. The lowest BCUT2D eigenvalue weighted by molar-refractivity contribution is -0.841. The Morgan fingerprint density at radius 3 is 2.09 bits per heavy atom. The van der Waals surface area contributed by atoms with Gasteiger partial charge in [-0.05, 0) is 61.1 Å². The van der Waals surface area contributed by atoms with Gasteiger partial charge in [0.05, 0.1) is 22.9 Å². The van der Waals surface area contributed by atoms with Crippen molar-refractivity contribution < 1.29 is 17.9 Å². The summed E-state index contributed by atoms with van der Waals surface area (Å²) in [5, 5.41) is 0. The van der Waals surface area contributed by atoms with Gasteiger partial charge in [-0.25, -0.2) is 8.42 Å². The molecule has 0 saturated heterocycles. The van der Waals surface area contributed by atoms with E-state index in [0.717, 1.165) is 32.6 Å². The van der Waals surface area contributed by atoms with Gasteiger partial charge in [0.15, 0.2) is 0 Å². The third-order valence-corrected chi connectivity index (χ3v) is 7.33. The van der Waals surface area contributed by atoms with Crippen molar-refractivity contribution in [3.63, 3.8) is 0 Å². The highest BCUT2D eigenvalue weighted by Crippen LogP contribution is 2.19. The maximum atomic E-state index is 10.7. The number of quaternary nitrogens is 1. The first-order valence-electron chi connectivity index (χ1n) is 13.6. The van der Waals surface area contributed by atoms with Crippen LogP contribution in [0.25, 0.3) is 6.08 Å². The smallest absolute Gasteiger partial charge is 0.101 e. The van der Waals surface area contributed by atoms with E-state index < -0.39 is 10.1 Å². The molecular formula is C29H46N2O3S. The number of nitrogens with zero attached hydrogens (tertiary/aromatic N) is 1. The highest BCUT2D eigenvalue weighted by atomic mass is 32.2. The molecular weight excluding hydrogens is 456 g/mol. The Bertz CT molecular complexity index is 892. The van der Waals surface area contributed by atoms with Crippen molar-refractivity contribution >= 4 is 21.9 Å². The topological polar surface area (TPSA) is 64.9 Å². The zero-order chi connectivity index (χ0) is 25.4. The van der Waals surface area contributed by atoms with Crippen LogP contribution in [0.15, 0.2) is 54.3 Å². The average molecular weight is 503 g/mol. The van der Waals surface area contributed by atoms with Crippen LogP contribution in [0.3, 0.4) is 0 Å². The van der Waals surface area contributed by atoms with Crippen molar-refractivity contribution in [2.24, 2.45) is 0 Å². The van der Waals surface area contributed by atoms with E-state index in [1.54, 1.807) is 0 Å². The Kier molecular flexibility index (Phi) is 14.0. The lowest BCUT2D eigenvalue weighted by Gasteiger charge is -2.25. The molecule has 0 aromatic heterocycles. The van der Waals surface area contributed by atoms with E-state index in [1.165, 1.54) is 73.1 Å². The molecule has 2 rings (SSSR count). The van der Waals surface area contributed by atoms with Crippen molar-refractivity contribution in [3.8, 4) is 0 Å². The third kappa shape index (κ3) is 13.1. The number of hydrogen-bond donors (Lipinski definition) is 1. The van der Waals surface area contributed by atoms with Gasteiger partial charge in [0.2, 0.25) is 0 Å². The van der Waals surface area contributed by atoms with Crippen molar-refractivity contribution in [1.29, 1.82) is 0 Å². The van der Waals surface area contributed by atoms with Crippen LogP contribution in [0.5, 0.6) is 0 Å². The standard InChI is InChI=1S/C29H46N2O3S/c1-3-5-7-9-22-31(23-10-8-6-4-2)29-17-15-27(16-18-29)13-14-28-19-24-30(25-20-28)21-11-12-26-35(32,33)34/h13-20,24H,3-12,21-23,25-26H2,1-2H3,(H,32,33,34)/b14-13+. The first-order chi connectivity index (χ1) is 16.9. The SMILES string of the molecule is CCCCCCN(CCCCCC)c1ccc(/C=C/C2=CC[NH+](CCCCS(=O)(=O)[O-])C=C2)cc1. The average Bonchev–Trinajstić information content (AvgIpc) is 2.85. The minimum atomic E-state index is -4.09. The van der Waals surface area contributed by atoms with E-state index in [4.69, 9.17) is 0 Å². The molecule has 1 aromatic rings. The van der Waals surface area contributed by atoms with Gasteiger partial charge < -0.3 is 14.4 Å². The normalized spacial score (nSPS) is 16.1. The minimum absolute atomic E-state index is 0.262. The summed E-state index contributed by atoms with van der Waals surface area (Å²) in [6.07, 6.45) is 22.3. The number of nitrogens with one attached hydrogen (secondary N) is 1. The quantitative estimate of drug-likeness (QED) is 0.218. The summed E-state index contributed by atoms with van der Waals surface area (Å²) in [6, 6.07) is 8.95. The molecule has 1 unspecified atom stereocenters.